The summed E-state index contributed by atoms with van der Waals surface area (Å²) in [6, 6.07) is 9.23. The third kappa shape index (κ3) is 1.54. The SMILES string of the molecule is c1ccc2c3c(cnc2c1)NCCCN3C1CC1. The van der Waals surface area contributed by atoms with Crippen LogP contribution in [0.3, 0.4) is 0 Å². The Kier molecular flexibility index (Phi) is 2.19. The number of rotatable bonds is 1. The number of benzene rings is 1. The first-order valence-electron chi connectivity index (χ1n) is 6.82. The van der Waals surface area contributed by atoms with Crippen molar-refractivity contribution in [1.82, 2.24) is 4.98 Å². The highest BCUT2D eigenvalue weighted by Crippen LogP contribution is 2.41. The van der Waals surface area contributed by atoms with E-state index in [-0.39, 0.29) is 0 Å². The van der Waals surface area contributed by atoms with Crippen molar-refractivity contribution in [3.63, 3.8) is 0 Å². The lowest BCUT2D eigenvalue weighted by molar-refractivity contribution is 0.762. The molecule has 0 amide bonds. The molecule has 1 aliphatic heterocycles. The van der Waals surface area contributed by atoms with Gasteiger partial charge < -0.3 is 10.2 Å². The molecule has 1 aromatic carbocycles. The van der Waals surface area contributed by atoms with Gasteiger partial charge in [0.2, 0.25) is 0 Å². The van der Waals surface area contributed by atoms with Crippen molar-refractivity contribution in [3.05, 3.63) is 30.5 Å². The number of para-hydroxylation sites is 1. The number of pyridine rings is 1. The lowest BCUT2D eigenvalue weighted by Crippen LogP contribution is -2.26. The maximum absolute atomic E-state index is 4.56. The molecule has 1 saturated carbocycles. The van der Waals surface area contributed by atoms with Crippen LogP contribution in [-0.2, 0) is 0 Å². The number of nitrogens with one attached hydrogen (secondary N) is 1. The molecule has 0 atom stereocenters. The summed E-state index contributed by atoms with van der Waals surface area (Å²) in [4.78, 5) is 7.16. The fourth-order valence-corrected chi connectivity index (χ4v) is 2.90. The van der Waals surface area contributed by atoms with Crippen molar-refractivity contribution in [2.24, 2.45) is 0 Å². The van der Waals surface area contributed by atoms with E-state index in [0.29, 0.717) is 0 Å². The van der Waals surface area contributed by atoms with Crippen molar-refractivity contribution in [1.29, 1.82) is 0 Å². The summed E-state index contributed by atoms with van der Waals surface area (Å²) in [5.74, 6) is 0. The van der Waals surface area contributed by atoms with Crippen molar-refractivity contribution in [3.8, 4) is 0 Å². The van der Waals surface area contributed by atoms with Crippen LogP contribution in [0.4, 0.5) is 11.4 Å². The molecule has 0 saturated heterocycles. The molecule has 0 unspecified atom stereocenters. The molecule has 4 rings (SSSR count). The van der Waals surface area contributed by atoms with Gasteiger partial charge in [0.1, 0.15) is 0 Å². The van der Waals surface area contributed by atoms with Gasteiger partial charge in [0.25, 0.3) is 0 Å². The number of nitrogens with zero attached hydrogens (tertiary/aromatic N) is 2. The first-order chi connectivity index (χ1) is 8.93. The predicted octanol–water partition coefficient (Wildman–Crippen LogP) is 3.02. The van der Waals surface area contributed by atoms with E-state index >= 15 is 0 Å². The van der Waals surface area contributed by atoms with E-state index < -0.39 is 0 Å². The van der Waals surface area contributed by atoms with Crippen molar-refractivity contribution in [2.45, 2.75) is 25.3 Å². The zero-order valence-electron chi connectivity index (χ0n) is 10.4. The third-order valence-electron chi connectivity index (χ3n) is 3.91. The lowest BCUT2D eigenvalue weighted by atomic mass is 10.1. The molecule has 18 heavy (non-hydrogen) atoms. The van der Waals surface area contributed by atoms with Gasteiger partial charge in [0.05, 0.1) is 23.1 Å². The Morgan fingerprint density at radius 3 is 3.00 bits per heavy atom. The number of hydrogen-bond donors (Lipinski definition) is 1. The standard InChI is InChI=1S/C15H17N3/c1-2-5-13-12(4-1)15-14(10-17-13)16-8-3-9-18(15)11-6-7-11/h1-2,4-5,10-11,16H,3,6-9H2. The van der Waals surface area contributed by atoms with E-state index in [1.165, 1.54) is 42.6 Å². The largest absolute Gasteiger partial charge is 0.382 e. The number of hydrogen-bond acceptors (Lipinski definition) is 3. The Labute approximate surface area is 107 Å². The first kappa shape index (κ1) is 10.2. The second-order valence-corrected chi connectivity index (χ2v) is 5.24. The first-order valence-corrected chi connectivity index (χ1v) is 6.82. The normalized spacial score (nSPS) is 19.2. The molecule has 2 aromatic rings. The van der Waals surface area contributed by atoms with Gasteiger partial charge in [-0.2, -0.15) is 0 Å². The second kappa shape index (κ2) is 3.87. The maximum atomic E-state index is 4.56. The van der Waals surface area contributed by atoms with Crippen LogP contribution in [0, 0.1) is 0 Å². The fourth-order valence-electron chi connectivity index (χ4n) is 2.90. The zero-order valence-corrected chi connectivity index (χ0v) is 10.4. The minimum absolute atomic E-state index is 0.759. The zero-order chi connectivity index (χ0) is 11.9. The summed E-state index contributed by atoms with van der Waals surface area (Å²) in [6.07, 6.45) is 5.89. The molecule has 2 aliphatic rings. The molecular weight excluding hydrogens is 222 g/mol. The molecule has 92 valence electrons. The van der Waals surface area contributed by atoms with E-state index in [4.69, 9.17) is 0 Å². The van der Waals surface area contributed by atoms with Crippen LogP contribution in [0.1, 0.15) is 19.3 Å². The van der Waals surface area contributed by atoms with E-state index in [2.05, 4.69) is 39.5 Å². The molecule has 1 N–H and O–H groups in total. The molecule has 1 aliphatic carbocycles. The lowest BCUT2D eigenvalue weighted by Gasteiger charge is -2.25. The second-order valence-electron chi connectivity index (χ2n) is 5.24. The average molecular weight is 239 g/mol. The molecular formula is C15H17N3. The smallest absolute Gasteiger partial charge is 0.0771 e. The third-order valence-corrected chi connectivity index (χ3v) is 3.91. The quantitative estimate of drug-likeness (QED) is 0.829. The van der Waals surface area contributed by atoms with Gasteiger partial charge in [0, 0.05) is 24.5 Å². The Bertz CT molecular complexity index is 589. The van der Waals surface area contributed by atoms with Crippen LogP contribution < -0.4 is 10.2 Å². The van der Waals surface area contributed by atoms with Gasteiger partial charge in [-0.3, -0.25) is 4.98 Å². The predicted molar refractivity (Wildman–Crippen MR) is 75.2 cm³/mol. The van der Waals surface area contributed by atoms with Crippen molar-refractivity contribution in [2.75, 3.05) is 23.3 Å². The summed E-state index contributed by atoms with van der Waals surface area (Å²) in [7, 11) is 0. The van der Waals surface area contributed by atoms with Gasteiger partial charge in [-0.05, 0) is 25.3 Å². The minimum atomic E-state index is 0.759. The Hall–Kier alpha value is -1.77. The van der Waals surface area contributed by atoms with Gasteiger partial charge in [-0.25, -0.2) is 0 Å². The highest BCUT2D eigenvalue weighted by atomic mass is 15.2. The molecule has 1 aromatic heterocycles. The highest BCUT2D eigenvalue weighted by Gasteiger charge is 2.32. The molecule has 0 radical (unpaired) electrons. The molecule has 0 spiro atoms. The van der Waals surface area contributed by atoms with Gasteiger partial charge >= 0.3 is 0 Å². The number of aromatic nitrogens is 1. The number of fused-ring (bicyclic) bond motifs is 3. The van der Waals surface area contributed by atoms with Gasteiger partial charge in [0.15, 0.2) is 0 Å². The Balaban J connectivity index is 1.97. The van der Waals surface area contributed by atoms with Gasteiger partial charge in [-0.1, -0.05) is 18.2 Å². The molecule has 3 heteroatoms. The maximum Gasteiger partial charge on any atom is 0.0771 e. The van der Waals surface area contributed by atoms with Crippen molar-refractivity contribution < 1.29 is 0 Å². The van der Waals surface area contributed by atoms with Crippen LogP contribution >= 0.6 is 0 Å². The number of anilines is 2. The van der Waals surface area contributed by atoms with Crippen LogP contribution in [0.25, 0.3) is 10.9 Å². The fraction of sp³-hybridized carbons (Fsp3) is 0.400. The van der Waals surface area contributed by atoms with Crippen LogP contribution in [0.5, 0.6) is 0 Å². The van der Waals surface area contributed by atoms with Crippen molar-refractivity contribution >= 4 is 22.3 Å². The van der Waals surface area contributed by atoms with E-state index in [9.17, 15) is 0 Å². The van der Waals surface area contributed by atoms with E-state index in [1.54, 1.807) is 0 Å². The Morgan fingerprint density at radius 2 is 2.11 bits per heavy atom. The monoisotopic (exact) mass is 239 g/mol. The molecule has 1 fully saturated rings. The van der Waals surface area contributed by atoms with E-state index in [1.807, 2.05) is 6.20 Å². The summed E-state index contributed by atoms with van der Waals surface area (Å²) >= 11 is 0. The summed E-state index contributed by atoms with van der Waals surface area (Å²) in [5.41, 5.74) is 3.68. The highest BCUT2D eigenvalue weighted by molar-refractivity contribution is 5.98. The molecule has 3 nitrogen and oxygen atoms in total. The van der Waals surface area contributed by atoms with Crippen LogP contribution in [0.2, 0.25) is 0 Å². The molecule has 2 heterocycles. The van der Waals surface area contributed by atoms with Crippen LogP contribution in [0.15, 0.2) is 30.5 Å². The summed E-state index contributed by atoms with van der Waals surface area (Å²) in [6.45, 7) is 2.22. The summed E-state index contributed by atoms with van der Waals surface area (Å²) < 4.78 is 0. The summed E-state index contributed by atoms with van der Waals surface area (Å²) in [5, 5.41) is 4.81. The van der Waals surface area contributed by atoms with Crippen LogP contribution in [-0.4, -0.2) is 24.1 Å². The molecule has 0 bridgehead atoms. The minimum Gasteiger partial charge on any atom is -0.382 e. The van der Waals surface area contributed by atoms with Gasteiger partial charge in [-0.15, -0.1) is 0 Å². The Morgan fingerprint density at radius 1 is 1.22 bits per heavy atom. The van der Waals surface area contributed by atoms with E-state index in [0.717, 1.165) is 18.1 Å². The topological polar surface area (TPSA) is 28.2 Å². The average Bonchev–Trinajstić information content (AvgIpc) is 3.24.